The SMILES string of the molecule is Cc1ccc(NC(=O)C2=CC(C(F)(F)F)NN2c2ccccc2Cl)c(CO)c1. The van der Waals surface area contributed by atoms with E-state index in [1.165, 1.54) is 12.1 Å². The van der Waals surface area contributed by atoms with E-state index < -0.39 is 18.1 Å². The van der Waals surface area contributed by atoms with E-state index in [9.17, 15) is 23.1 Å². The first-order valence-electron chi connectivity index (χ1n) is 8.32. The van der Waals surface area contributed by atoms with Crippen LogP contribution in [0.5, 0.6) is 0 Å². The number of hydrogen-bond donors (Lipinski definition) is 3. The van der Waals surface area contributed by atoms with E-state index in [4.69, 9.17) is 11.6 Å². The van der Waals surface area contributed by atoms with E-state index in [1.807, 2.05) is 6.92 Å². The van der Waals surface area contributed by atoms with Crippen LogP contribution < -0.4 is 15.8 Å². The zero-order valence-electron chi connectivity index (χ0n) is 14.7. The number of aliphatic hydroxyl groups is 1. The zero-order chi connectivity index (χ0) is 20.5. The summed E-state index contributed by atoms with van der Waals surface area (Å²) in [6.07, 6.45) is -3.80. The van der Waals surface area contributed by atoms with Crippen molar-refractivity contribution in [3.63, 3.8) is 0 Å². The van der Waals surface area contributed by atoms with Gasteiger partial charge in [-0.05, 0) is 31.2 Å². The van der Waals surface area contributed by atoms with Gasteiger partial charge in [0.2, 0.25) is 0 Å². The number of alkyl halides is 3. The summed E-state index contributed by atoms with van der Waals surface area (Å²) in [7, 11) is 0. The lowest BCUT2D eigenvalue weighted by molar-refractivity contribution is -0.142. The molecule has 0 bridgehead atoms. The number of amides is 1. The molecular weight excluding hydrogens is 395 g/mol. The summed E-state index contributed by atoms with van der Waals surface area (Å²) < 4.78 is 39.7. The van der Waals surface area contributed by atoms with Gasteiger partial charge in [0.1, 0.15) is 11.7 Å². The third-order valence-electron chi connectivity index (χ3n) is 4.19. The number of rotatable bonds is 4. The Balaban J connectivity index is 1.95. The molecule has 0 saturated carbocycles. The maximum atomic E-state index is 13.2. The highest BCUT2D eigenvalue weighted by Gasteiger charge is 2.45. The predicted octanol–water partition coefficient (Wildman–Crippen LogP) is 3.92. The number of nitrogens with one attached hydrogen (secondary N) is 2. The Morgan fingerprint density at radius 3 is 2.64 bits per heavy atom. The normalized spacial score (nSPS) is 16.9. The molecule has 0 saturated heterocycles. The lowest BCUT2D eigenvalue weighted by atomic mass is 10.1. The van der Waals surface area contributed by atoms with Gasteiger partial charge in [-0.25, -0.2) is 5.43 Å². The van der Waals surface area contributed by atoms with Crippen LogP contribution in [0.3, 0.4) is 0 Å². The van der Waals surface area contributed by atoms with E-state index >= 15 is 0 Å². The van der Waals surface area contributed by atoms with Crippen LogP contribution in [0.2, 0.25) is 5.02 Å². The molecule has 0 aliphatic carbocycles. The van der Waals surface area contributed by atoms with Crippen LogP contribution in [-0.2, 0) is 11.4 Å². The smallest absolute Gasteiger partial charge is 0.392 e. The van der Waals surface area contributed by atoms with Gasteiger partial charge in [0.25, 0.3) is 5.91 Å². The van der Waals surface area contributed by atoms with Crippen LogP contribution in [-0.4, -0.2) is 23.2 Å². The maximum Gasteiger partial charge on any atom is 0.409 e. The van der Waals surface area contributed by atoms with Gasteiger partial charge in [-0.1, -0.05) is 41.4 Å². The molecular formula is C19H17ClF3N3O2. The Morgan fingerprint density at radius 2 is 2.00 bits per heavy atom. The summed E-state index contributed by atoms with van der Waals surface area (Å²) in [6.45, 7) is 1.50. The Kier molecular flexibility index (Phi) is 5.64. The molecule has 1 aliphatic heterocycles. The Hall–Kier alpha value is -2.55. The molecule has 1 atom stereocenters. The second kappa shape index (κ2) is 7.83. The summed E-state index contributed by atoms with van der Waals surface area (Å²) in [5, 5.41) is 13.2. The third-order valence-corrected chi connectivity index (χ3v) is 4.51. The topological polar surface area (TPSA) is 64.6 Å². The quantitative estimate of drug-likeness (QED) is 0.713. The fourth-order valence-corrected chi connectivity index (χ4v) is 3.04. The van der Waals surface area contributed by atoms with Gasteiger partial charge in [-0.3, -0.25) is 9.80 Å². The lowest BCUT2D eigenvalue weighted by Crippen LogP contribution is -2.45. The van der Waals surface area contributed by atoms with E-state index in [1.54, 1.807) is 30.3 Å². The highest BCUT2D eigenvalue weighted by molar-refractivity contribution is 6.33. The van der Waals surface area contributed by atoms with Crippen LogP contribution in [0, 0.1) is 6.92 Å². The summed E-state index contributed by atoms with van der Waals surface area (Å²) >= 11 is 6.11. The predicted molar refractivity (Wildman–Crippen MR) is 101 cm³/mol. The molecule has 2 aromatic rings. The Morgan fingerprint density at radius 1 is 1.29 bits per heavy atom. The van der Waals surface area contributed by atoms with Gasteiger partial charge >= 0.3 is 6.18 Å². The van der Waals surface area contributed by atoms with Crippen molar-refractivity contribution in [1.82, 2.24) is 5.43 Å². The number of anilines is 2. The van der Waals surface area contributed by atoms with Gasteiger partial charge in [-0.15, -0.1) is 0 Å². The highest BCUT2D eigenvalue weighted by atomic mass is 35.5. The molecule has 2 aromatic carbocycles. The van der Waals surface area contributed by atoms with E-state index in [0.717, 1.165) is 16.6 Å². The van der Waals surface area contributed by atoms with Gasteiger partial charge in [0.15, 0.2) is 0 Å². The number of carbonyl (C=O) groups excluding carboxylic acids is 1. The van der Waals surface area contributed by atoms with Gasteiger partial charge in [0.05, 0.1) is 17.3 Å². The van der Waals surface area contributed by atoms with Gasteiger partial charge in [0, 0.05) is 11.3 Å². The molecule has 5 nitrogen and oxygen atoms in total. The second-order valence-corrected chi connectivity index (χ2v) is 6.67. The molecule has 1 amide bonds. The number of halogens is 4. The molecule has 3 rings (SSSR count). The van der Waals surface area contributed by atoms with Crippen LogP contribution >= 0.6 is 11.6 Å². The number of aryl methyl sites for hydroxylation is 1. The van der Waals surface area contributed by atoms with E-state index in [0.29, 0.717) is 11.3 Å². The summed E-state index contributed by atoms with van der Waals surface area (Å²) in [5.41, 5.74) is 3.87. The van der Waals surface area contributed by atoms with Gasteiger partial charge in [-0.2, -0.15) is 13.2 Å². The molecule has 3 N–H and O–H groups in total. The fourth-order valence-electron chi connectivity index (χ4n) is 2.82. The minimum atomic E-state index is -4.60. The molecule has 1 heterocycles. The van der Waals surface area contributed by atoms with Crippen LogP contribution in [0.25, 0.3) is 0 Å². The van der Waals surface area contributed by atoms with Crippen molar-refractivity contribution in [2.24, 2.45) is 0 Å². The largest absolute Gasteiger partial charge is 0.409 e. The molecule has 9 heteroatoms. The minimum Gasteiger partial charge on any atom is -0.392 e. The monoisotopic (exact) mass is 411 g/mol. The van der Waals surface area contributed by atoms with E-state index in [2.05, 4.69) is 10.7 Å². The molecule has 1 unspecified atom stereocenters. The maximum absolute atomic E-state index is 13.2. The van der Waals surface area contributed by atoms with Crippen LogP contribution in [0.1, 0.15) is 11.1 Å². The average Bonchev–Trinajstić information content (AvgIpc) is 3.09. The molecule has 148 valence electrons. The number of benzene rings is 2. The fraction of sp³-hybridized carbons (Fsp3) is 0.211. The molecule has 28 heavy (non-hydrogen) atoms. The number of carbonyl (C=O) groups is 1. The van der Waals surface area contributed by atoms with Crippen molar-refractivity contribution >= 4 is 28.9 Å². The Bertz CT molecular complexity index is 931. The second-order valence-electron chi connectivity index (χ2n) is 6.26. The zero-order valence-corrected chi connectivity index (χ0v) is 15.5. The number of para-hydroxylation sites is 1. The van der Waals surface area contributed by atoms with Gasteiger partial charge < -0.3 is 10.4 Å². The summed E-state index contributed by atoms with van der Waals surface area (Å²) in [4.78, 5) is 12.8. The highest BCUT2D eigenvalue weighted by Crippen LogP contribution is 2.34. The first-order valence-corrected chi connectivity index (χ1v) is 8.69. The number of aliphatic hydroxyl groups excluding tert-OH is 1. The molecule has 0 radical (unpaired) electrons. The minimum absolute atomic E-state index is 0.183. The molecule has 0 aromatic heterocycles. The summed E-state index contributed by atoms with van der Waals surface area (Å²) in [6, 6.07) is 9.19. The van der Waals surface area contributed by atoms with Crippen molar-refractivity contribution in [3.05, 3.63) is 70.4 Å². The van der Waals surface area contributed by atoms with E-state index in [-0.39, 0.29) is 23.0 Å². The molecule has 0 spiro atoms. The van der Waals surface area contributed by atoms with Crippen molar-refractivity contribution in [1.29, 1.82) is 0 Å². The average molecular weight is 412 g/mol. The lowest BCUT2D eigenvalue weighted by Gasteiger charge is -2.25. The van der Waals surface area contributed by atoms with Crippen molar-refractivity contribution < 1.29 is 23.1 Å². The number of nitrogens with zero attached hydrogens (tertiary/aromatic N) is 1. The van der Waals surface area contributed by atoms with Crippen molar-refractivity contribution in [2.45, 2.75) is 25.7 Å². The Labute approximate surface area is 164 Å². The first-order chi connectivity index (χ1) is 13.2. The molecule has 1 aliphatic rings. The number of hydrazine groups is 1. The van der Waals surface area contributed by atoms with Crippen LogP contribution in [0.4, 0.5) is 24.5 Å². The standard InChI is InChI=1S/C19H17ClF3N3O2/c1-11-6-7-14(12(8-11)10-27)24-18(28)16-9-17(19(21,22)23)25-26(16)15-5-3-2-4-13(15)20/h2-9,17,25,27H,10H2,1H3,(H,24,28). The first kappa shape index (κ1) is 20.2. The van der Waals surface area contributed by atoms with Crippen LogP contribution in [0.15, 0.2) is 54.2 Å². The number of hydrogen-bond acceptors (Lipinski definition) is 4. The van der Waals surface area contributed by atoms with Crippen molar-refractivity contribution in [3.8, 4) is 0 Å². The third kappa shape index (κ3) is 4.14. The van der Waals surface area contributed by atoms with Crippen molar-refractivity contribution in [2.75, 3.05) is 10.3 Å². The summed E-state index contributed by atoms with van der Waals surface area (Å²) in [5.74, 6) is -0.766. The molecule has 0 fully saturated rings.